The average molecular weight is 175 g/mol. The quantitative estimate of drug-likeness (QED) is 0.694. The van der Waals surface area contributed by atoms with Crippen LogP contribution in [0.4, 0.5) is 0 Å². The molecule has 0 unspecified atom stereocenters. The normalized spacial score (nSPS) is 11.7. The molecule has 0 aromatic heterocycles. The molecule has 1 N–H and O–H groups in total. The van der Waals surface area contributed by atoms with Crippen molar-refractivity contribution in [1.29, 1.82) is 0 Å². The summed E-state index contributed by atoms with van der Waals surface area (Å²) in [4.78, 5) is 0. The van der Waals surface area contributed by atoms with Crippen LogP contribution >= 0.6 is 0 Å². The Morgan fingerprint density at radius 1 is 1.31 bits per heavy atom. The lowest BCUT2D eigenvalue weighted by Gasteiger charge is -2.04. The van der Waals surface area contributed by atoms with Gasteiger partial charge in [-0.3, -0.25) is 0 Å². The number of hydrogen-bond acceptors (Lipinski definition) is 1. The van der Waals surface area contributed by atoms with Gasteiger partial charge in [0.15, 0.2) is 0 Å². The zero-order valence-corrected chi connectivity index (χ0v) is 8.38. The molecular weight excluding hydrogens is 158 g/mol. The molecule has 0 saturated carbocycles. The van der Waals surface area contributed by atoms with E-state index < -0.39 is 0 Å². The predicted molar refractivity (Wildman–Crippen MR) is 57.6 cm³/mol. The van der Waals surface area contributed by atoms with Crippen molar-refractivity contribution < 1.29 is 0 Å². The molecule has 0 bridgehead atoms. The summed E-state index contributed by atoms with van der Waals surface area (Å²) in [6.45, 7) is 6.13. The van der Waals surface area contributed by atoms with E-state index in [1.165, 1.54) is 11.1 Å². The summed E-state index contributed by atoms with van der Waals surface area (Å²) in [5.74, 6) is 0. The van der Waals surface area contributed by atoms with Crippen molar-refractivity contribution >= 4 is 0 Å². The summed E-state index contributed by atoms with van der Waals surface area (Å²) in [5, 5.41) is 3.38. The van der Waals surface area contributed by atoms with Crippen molar-refractivity contribution in [2.45, 2.75) is 20.4 Å². The molecule has 0 atom stereocenters. The van der Waals surface area contributed by atoms with Crippen LogP contribution in [0.2, 0.25) is 0 Å². The summed E-state index contributed by atoms with van der Waals surface area (Å²) in [6.07, 6.45) is 2.14. The summed E-state index contributed by atoms with van der Waals surface area (Å²) in [6, 6.07) is 10.5. The topological polar surface area (TPSA) is 12.0 Å². The smallest absolute Gasteiger partial charge is 0.0208 e. The van der Waals surface area contributed by atoms with E-state index in [-0.39, 0.29) is 0 Å². The van der Waals surface area contributed by atoms with Gasteiger partial charge in [0, 0.05) is 13.1 Å². The van der Waals surface area contributed by atoms with Crippen molar-refractivity contribution in [1.82, 2.24) is 5.32 Å². The second-order valence-corrected chi connectivity index (χ2v) is 3.22. The number of rotatable bonds is 4. The molecule has 1 heteroatoms. The molecule has 0 heterocycles. The van der Waals surface area contributed by atoms with Crippen LogP contribution in [0.15, 0.2) is 42.0 Å². The minimum atomic E-state index is 0.950. The van der Waals surface area contributed by atoms with Crippen molar-refractivity contribution in [3.05, 3.63) is 47.5 Å². The van der Waals surface area contributed by atoms with Gasteiger partial charge in [0.05, 0.1) is 0 Å². The summed E-state index contributed by atoms with van der Waals surface area (Å²) < 4.78 is 0. The van der Waals surface area contributed by atoms with Crippen LogP contribution in [0.25, 0.3) is 0 Å². The number of nitrogens with one attached hydrogen (secondary N) is 1. The lowest BCUT2D eigenvalue weighted by atomic mass is 10.2. The maximum Gasteiger partial charge on any atom is 0.0208 e. The molecule has 70 valence electrons. The molecule has 1 rings (SSSR count). The molecule has 0 fully saturated rings. The van der Waals surface area contributed by atoms with Gasteiger partial charge < -0.3 is 5.32 Å². The highest BCUT2D eigenvalue weighted by Crippen LogP contribution is 1.97. The van der Waals surface area contributed by atoms with E-state index in [1.54, 1.807) is 0 Å². The first-order chi connectivity index (χ1) is 6.33. The lowest BCUT2D eigenvalue weighted by Crippen LogP contribution is -2.15. The first kappa shape index (κ1) is 10.0. The predicted octanol–water partition coefficient (Wildman–Crippen LogP) is 2.74. The molecule has 13 heavy (non-hydrogen) atoms. The Bertz CT molecular complexity index is 262. The van der Waals surface area contributed by atoms with Gasteiger partial charge in [-0.15, -0.1) is 0 Å². The van der Waals surface area contributed by atoms with Crippen LogP contribution in [0.3, 0.4) is 0 Å². The highest BCUT2D eigenvalue weighted by Gasteiger charge is 1.90. The summed E-state index contributed by atoms with van der Waals surface area (Å²) in [5.41, 5.74) is 2.72. The third-order valence-electron chi connectivity index (χ3n) is 2.07. The van der Waals surface area contributed by atoms with E-state index in [9.17, 15) is 0 Å². The van der Waals surface area contributed by atoms with Gasteiger partial charge in [-0.2, -0.15) is 0 Å². The van der Waals surface area contributed by atoms with E-state index >= 15 is 0 Å². The zero-order valence-electron chi connectivity index (χ0n) is 8.38. The van der Waals surface area contributed by atoms with Crippen LogP contribution < -0.4 is 5.32 Å². The Kier molecular flexibility index (Phi) is 4.27. The SMILES string of the molecule is C/C=C(/C)CNCc1ccccc1. The van der Waals surface area contributed by atoms with Crippen molar-refractivity contribution in [3.63, 3.8) is 0 Å². The number of allylic oxidation sites excluding steroid dienone is 1. The molecule has 0 saturated heterocycles. The van der Waals surface area contributed by atoms with Crippen molar-refractivity contribution in [3.8, 4) is 0 Å². The summed E-state index contributed by atoms with van der Waals surface area (Å²) in [7, 11) is 0. The molecule has 1 aromatic rings. The van der Waals surface area contributed by atoms with E-state index in [0.717, 1.165) is 13.1 Å². The molecule has 0 spiro atoms. The van der Waals surface area contributed by atoms with Gasteiger partial charge in [-0.1, -0.05) is 42.0 Å². The third-order valence-corrected chi connectivity index (χ3v) is 2.07. The molecule has 0 radical (unpaired) electrons. The fraction of sp³-hybridized carbons (Fsp3) is 0.333. The number of benzene rings is 1. The fourth-order valence-corrected chi connectivity index (χ4v) is 1.10. The van der Waals surface area contributed by atoms with Crippen LogP contribution in [0.1, 0.15) is 19.4 Å². The maximum atomic E-state index is 3.38. The molecule has 1 nitrogen and oxygen atoms in total. The van der Waals surface area contributed by atoms with Crippen molar-refractivity contribution in [2.75, 3.05) is 6.54 Å². The Morgan fingerprint density at radius 2 is 2.00 bits per heavy atom. The highest BCUT2D eigenvalue weighted by molar-refractivity contribution is 5.14. The Balaban J connectivity index is 2.28. The fourth-order valence-electron chi connectivity index (χ4n) is 1.10. The van der Waals surface area contributed by atoms with Crippen molar-refractivity contribution in [2.24, 2.45) is 0 Å². The van der Waals surface area contributed by atoms with Gasteiger partial charge in [0.25, 0.3) is 0 Å². The van der Waals surface area contributed by atoms with Crippen LogP contribution in [0, 0.1) is 0 Å². The summed E-state index contributed by atoms with van der Waals surface area (Å²) >= 11 is 0. The Morgan fingerprint density at radius 3 is 2.62 bits per heavy atom. The first-order valence-corrected chi connectivity index (χ1v) is 4.69. The third kappa shape index (κ3) is 3.90. The Hall–Kier alpha value is -1.08. The highest BCUT2D eigenvalue weighted by atomic mass is 14.8. The molecule has 0 aliphatic heterocycles. The number of hydrogen-bond donors (Lipinski definition) is 1. The van der Waals surface area contributed by atoms with Gasteiger partial charge in [0.1, 0.15) is 0 Å². The minimum absolute atomic E-state index is 0.950. The monoisotopic (exact) mass is 175 g/mol. The van der Waals surface area contributed by atoms with Gasteiger partial charge in [-0.05, 0) is 19.4 Å². The molecular formula is C12H17N. The standard InChI is InChI=1S/C12H17N/c1-3-11(2)9-13-10-12-7-5-4-6-8-12/h3-8,13H,9-10H2,1-2H3/b11-3-. The lowest BCUT2D eigenvalue weighted by molar-refractivity contribution is 0.739. The molecule has 0 aliphatic rings. The Labute approximate surface area is 80.5 Å². The van der Waals surface area contributed by atoms with E-state index in [4.69, 9.17) is 0 Å². The molecule has 0 aliphatic carbocycles. The first-order valence-electron chi connectivity index (χ1n) is 4.69. The largest absolute Gasteiger partial charge is 0.309 e. The van der Waals surface area contributed by atoms with Crippen LogP contribution in [-0.4, -0.2) is 6.54 Å². The zero-order chi connectivity index (χ0) is 9.52. The van der Waals surface area contributed by atoms with Crippen LogP contribution in [-0.2, 0) is 6.54 Å². The maximum absolute atomic E-state index is 3.38. The average Bonchev–Trinajstić information content (AvgIpc) is 2.19. The second-order valence-electron chi connectivity index (χ2n) is 3.22. The van der Waals surface area contributed by atoms with E-state index in [0.29, 0.717) is 0 Å². The van der Waals surface area contributed by atoms with Gasteiger partial charge >= 0.3 is 0 Å². The molecule has 1 aromatic carbocycles. The van der Waals surface area contributed by atoms with Crippen LogP contribution in [0.5, 0.6) is 0 Å². The second kappa shape index (κ2) is 5.55. The van der Waals surface area contributed by atoms with Gasteiger partial charge in [0.2, 0.25) is 0 Å². The van der Waals surface area contributed by atoms with E-state index in [2.05, 4.69) is 49.5 Å². The molecule has 0 amide bonds. The van der Waals surface area contributed by atoms with E-state index in [1.807, 2.05) is 6.07 Å². The minimum Gasteiger partial charge on any atom is -0.309 e. The van der Waals surface area contributed by atoms with Gasteiger partial charge in [-0.25, -0.2) is 0 Å².